The average molecular weight is 355 g/mol. The van der Waals surface area contributed by atoms with E-state index in [1.54, 1.807) is 10.9 Å². The lowest BCUT2D eigenvalue weighted by Gasteiger charge is -2.08. The van der Waals surface area contributed by atoms with E-state index in [4.69, 9.17) is 4.74 Å². The zero-order chi connectivity index (χ0) is 18.0. The van der Waals surface area contributed by atoms with E-state index < -0.39 is 0 Å². The van der Waals surface area contributed by atoms with Gasteiger partial charge in [-0.25, -0.2) is 0 Å². The van der Waals surface area contributed by atoms with Gasteiger partial charge in [0.1, 0.15) is 12.4 Å². The molecule has 0 spiro atoms. The van der Waals surface area contributed by atoms with E-state index in [2.05, 4.69) is 23.4 Å². The molecule has 25 heavy (non-hydrogen) atoms. The van der Waals surface area contributed by atoms with Gasteiger partial charge in [-0.05, 0) is 43.8 Å². The van der Waals surface area contributed by atoms with Crippen molar-refractivity contribution >= 4 is 22.9 Å². The Morgan fingerprint density at radius 2 is 2.08 bits per heavy atom. The standard InChI is InChI=1S/C19H21N3O2S/c1-12-5-6-17(13(2)7-12)24-10-15-8-18(25-11-15)19(23)21-16-9-20-22(4)14(16)3/h5-9,11H,10H2,1-4H3,(H,21,23). The Hall–Kier alpha value is -2.60. The van der Waals surface area contributed by atoms with Gasteiger partial charge in [0.15, 0.2) is 0 Å². The fraction of sp³-hybridized carbons (Fsp3) is 0.263. The summed E-state index contributed by atoms with van der Waals surface area (Å²) in [7, 11) is 1.85. The number of nitrogens with zero attached hydrogens (tertiary/aromatic N) is 2. The maximum absolute atomic E-state index is 12.4. The van der Waals surface area contributed by atoms with Gasteiger partial charge in [0, 0.05) is 12.6 Å². The second-order valence-electron chi connectivity index (χ2n) is 6.10. The zero-order valence-electron chi connectivity index (χ0n) is 14.8. The summed E-state index contributed by atoms with van der Waals surface area (Å²) in [5.41, 5.74) is 4.96. The second kappa shape index (κ2) is 7.11. The molecule has 3 rings (SSSR count). The fourth-order valence-corrected chi connectivity index (χ4v) is 3.29. The van der Waals surface area contributed by atoms with Crippen LogP contribution < -0.4 is 10.1 Å². The minimum Gasteiger partial charge on any atom is -0.489 e. The normalized spacial score (nSPS) is 10.7. The molecule has 0 saturated heterocycles. The minimum atomic E-state index is -0.126. The third kappa shape index (κ3) is 3.91. The van der Waals surface area contributed by atoms with Crippen LogP contribution in [0.15, 0.2) is 35.8 Å². The summed E-state index contributed by atoms with van der Waals surface area (Å²) >= 11 is 1.41. The van der Waals surface area contributed by atoms with Gasteiger partial charge in [-0.3, -0.25) is 9.48 Å². The van der Waals surface area contributed by atoms with Gasteiger partial charge in [0.25, 0.3) is 5.91 Å². The molecule has 1 N–H and O–H groups in total. The minimum absolute atomic E-state index is 0.126. The summed E-state index contributed by atoms with van der Waals surface area (Å²) < 4.78 is 7.60. The molecule has 5 nitrogen and oxygen atoms in total. The summed E-state index contributed by atoms with van der Waals surface area (Å²) in [6, 6.07) is 7.98. The van der Waals surface area contributed by atoms with Crippen molar-refractivity contribution in [3.63, 3.8) is 0 Å². The molecular weight excluding hydrogens is 334 g/mol. The Morgan fingerprint density at radius 1 is 1.28 bits per heavy atom. The molecule has 0 aliphatic rings. The van der Waals surface area contributed by atoms with Crippen LogP contribution in [0.3, 0.4) is 0 Å². The van der Waals surface area contributed by atoms with Crippen LogP contribution in [0, 0.1) is 20.8 Å². The maximum Gasteiger partial charge on any atom is 0.265 e. The summed E-state index contributed by atoms with van der Waals surface area (Å²) in [5.74, 6) is 0.743. The van der Waals surface area contributed by atoms with Crippen LogP contribution in [0.1, 0.15) is 32.1 Å². The number of hydrogen-bond acceptors (Lipinski definition) is 4. The van der Waals surface area contributed by atoms with E-state index in [1.807, 2.05) is 44.5 Å². The van der Waals surface area contributed by atoms with Gasteiger partial charge in [-0.15, -0.1) is 11.3 Å². The molecule has 0 aliphatic heterocycles. The first-order chi connectivity index (χ1) is 11.9. The highest BCUT2D eigenvalue weighted by Crippen LogP contribution is 2.23. The van der Waals surface area contributed by atoms with Crippen molar-refractivity contribution in [2.24, 2.45) is 7.05 Å². The molecule has 2 aromatic heterocycles. The Morgan fingerprint density at radius 3 is 2.76 bits per heavy atom. The Bertz CT molecular complexity index is 911. The van der Waals surface area contributed by atoms with Crippen LogP contribution in [0.2, 0.25) is 0 Å². The lowest BCUT2D eigenvalue weighted by molar-refractivity contribution is 0.103. The highest BCUT2D eigenvalue weighted by atomic mass is 32.1. The first-order valence-electron chi connectivity index (χ1n) is 8.01. The molecule has 0 radical (unpaired) electrons. The van der Waals surface area contributed by atoms with Gasteiger partial charge in [-0.2, -0.15) is 5.10 Å². The molecule has 1 aromatic carbocycles. The summed E-state index contributed by atoms with van der Waals surface area (Å²) in [6.07, 6.45) is 1.66. The zero-order valence-corrected chi connectivity index (χ0v) is 15.6. The van der Waals surface area contributed by atoms with E-state index in [0.29, 0.717) is 11.5 Å². The average Bonchev–Trinajstić information content (AvgIpc) is 3.16. The molecule has 1 amide bonds. The van der Waals surface area contributed by atoms with Crippen LogP contribution in [0.25, 0.3) is 0 Å². The van der Waals surface area contributed by atoms with Crippen molar-refractivity contribution in [2.75, 3.05) is 5.32 Å². The van der Waals surface area contributed by atoms with Crippen LogP contribution in [-0.2, 0) is 13.7 Å². The lowest BCUT2D eigenvalue weighted by atomic mass is 10.1. The molecule has 3 aromatic rings. The van der Waals surface area contributed by atoms with Gasteiger partial charge in [0.05, 0.1) is 22.5 Å². The van der Waals surface area contributed by atoms with Crippen LogP contribution in [0.5, 0.6) is 5.75 Å². The number of carbonyl (C=O) groups is 1. The van der Waals surface area contributed by atoms with E-state index in [9.17, 15) is 4.79 Å². The van der Waals surface area contributed by atoms with Crippen LogP contribution in [-0.4, -0.2) is 15.7 Å². The molecule has 0 bridgehead atoms. The van der Waals surface area contributed by atoms with Crippen LogP contribution >= 0.6 is 11.3 Å². The van der Waals surface area contributed by atoms with Crippen molar-refractivity contribution in [3.8, 4) is 5.75 Å². The molecule has 0 aliphatic carbocycles. The number of amides is 1. The molecule has 0 unspecified atom stereocenters. The highest BCUT2D eigenvalue weighted by Gasteiger charge is 2.13. The molecular formula is C19H21N3O2S. The number of nitrogens with one attached hydrogen (secondary N) is 1. The largest absolute Gasteiger partial charge is 0.489 e. The first-order valence-corrected chi connectivity index (χ1v) is 8.89. The molecule has 2 heterocycles. The number of rotatable bonds is 5. The third-order valence-corrected chi connectivity index (χ3v) is 5.06. The smallest absolute Gasteiger partial charge is 0.265 e. The topological polar surface area (TPSA) is 56.1 Å². The van der Waals surface area contributed by atoms with Gasteiger partial charge in [-0.1, -0.05) is 17.7 Å². The van der Waals surface area contributed by atoms with Gasteiger partial charge in [0.2, 0.25) is 0 Å². The number of thiophene rings is 1. The van der Waals surface area contributed by atoms with E-state index in [0.717, 1.165) is 28.3 Å². The number of hydrogen-bond donors (Lipinski definition) is 1. The number of aryl methyl sites for hydroxylation is 3. The molecule has 6 heteroatoms. The second-order valence-corrected chi connectivity index (χ2v) is 7.01. The van der Waals surface area contributed by atoms with Gasteiger partial charge >= 0.3 is 0 Å². The highest BCUT2D eigenvalue weighted by molar-refractivity contribution is 7.12. The Labute approximate surface area is 151 Å². The monoisotopic (exact) mass is 355 g/mol. The number of carbonyl (C=O) groups excluding carboxylic acids is 1. The number of aromatic nitrogens is 2. The number of benzene rings is 1. The van der Waals surface area contributed by atoms with E-state index in [1.165, 1.54) is 16.9 Å². The summed E-state index contributed by atoms with van der Waals surface area (Å²) in [4.78, 5) is 13.0. The first kappa shape index (κ1) is 17.2. The number of ether oxygens (including phenoxy) is 1. The van der Waals surface area contributed by atoms with E-state index >= 15 is 0 Å². The van der Waals surface area contributed by atoms with Gasteiger partial charge < -0.3 is 10.1 Å². The quantitative estimate of drug-likeness (QED) is 0.745. The molecule has 0 saturated carbocycles. The van der Waals surface area contributed by atoms with Crippen molar-refractivity contribution in [3.05, 3.63) is 63.1 Å². The summed E-state index contributed by atoms with van der Waals surface area (Å²) in [6.45, 7) is 6.45. The predicted octanol–water partition coefficient (Wildman–Crippen LogP) is 4.24. The maximum atomic E-state index is 12.4. The van der Waals surface area contributed by atoms with Crippen molar-refractivity contribution in [1.82, 2.24) is 9.78 Å². The Kier molecular flexibility index (Phi) is 4.90. The lowest BCUT2D eigenvalue weighted by Crippen LogP contribution is -2.11. The van der Waals surface area contributed by atoms with Crippen LogP contribution in [0.4, 0.5) is 5.69 Å². The van der Waals surface area contributed by atoms with Crippen molar-refractivity contribution < 1.29 is 9.53 Å². The van der Waals surface area contributed by atoms with Crippen molar-refractivity contribution in [2.45, 2.75) is 27.4 Å². The van der Waals surface area contributed by atoms with E-state index in [-0.39, 0.29) is 5.91 Å². The fourth-order valence-electron chi connectivity index (χ4n) is 2.50. The third-order valence-electron chi connectivity index (χ3n) is 4.09. The molecule has 0 fully saturated rings. The SMILES string of the molecule is Cc1ccc(OCc2csc(C(=O)Nc3cnn(C)c3C)c2)c(C)c1. The Balaban J connectivity index is 1.63. The number of anilines is 1. The predicted molar refractivity (Wildman–Crippen MR) is 100 cm³/mol. The molecule has 0 atom stereocenters. The van der Waals surface area contributed by atoms with Crippen molar-refractivity contribution in [1.29, 1.82) is 0 Å². The summed E-state index contributed by atoms with van der Waals surface area (Å²) in [5, 5.41) is 8.98. The molecule has 130 valence electrons.